The normalized spacial score (nSPS) is 15.6. The van der Waals surface area contributed by atoms with Crippen molar-refractivity contribution >= 4 is 32.7 Å². The van der Waals surface area contributed by atoms with Gasteiger partial charge in [-0.25, -0.2) is 17.6 Å². The molecule has 1 fully saturated rings. The van der Waals surface area contributed by atoms with Crippen molar-refractivity contribution < 1.29 is 22.0 Å². The first-order valence-electron chi connectivity index (χ1n) is 10.0. The monoisotopic (exact) mass is 447 g/mol. The summed E-state index contributed by atoms with van der Waals surface area (Å²) >= 11 is 0. The van der Waals surface area contributed by atoms with E-state index in [2.05, 4.69) is 5.32 Å². The number of rotatable bonds is 5. The molecule has 0 atom stereocenters. The van der Waals surface area contributed by atoms with E-state index in [9.17, 15) is 22.4 Å². The predicted molar refractivity (Wildman–Crippen MR) is 113 cm³/mol. The number of anilines is 1. The molecule has 8 nitrogen and oxygen atoms in total. The molecular weight excluding hydrogens is 425 g/mol. The minimum absolute atomic E-state index is 0.000760. The zero-order chi connectivity index (χ0) is 22.0. The third-order valence-corrected chi connectivity index (χ3v) is 7.19. The largest absolute Gasteiger partial charge is 0.420 e. The second-order valence-corrected chi connectivity index (χ2v) is 9.37. The molecule has 0 spiro atoms. The van der Waals surface area contributed by atoms with Crippen molar-refractivity contribution in [3.63, 3.8) is 0 Å². The van der Waals surface area contributed by atoms with E-state index in [1.807, 2.05) is 0 Å². The Labute approximate surface area is 178 Å². The van der Waals surface area contributed by atoms with E-state index in [-0.39, 0.29) is 21.7 Å². The van der Waals surface area contributed by atoms with Crippen molar-refractivity contribution in [3.8, 4) is 0 Å². The Morgan fingerprint density at radius 3 is 2.48 bits per heavy atom. The highest BCUT2D eigenvalue weighted by Gasteiger charge is 2.26. The lowest BCUT2D eigenvalue weighted by Gasteiger charge is -2.19. The Bertz CT molecular complexity index is 1270. The first-order valence-corrected chi connectivity index (χ1v) is 11.5. The molecule has 164 valence electrons. The first kappa shape index (κ1) is 21.3. The van der Waals surface area contributed by atoms with Crippen LogP contribution in [0.4, 0.5) is 10.1 Å². The summed E-state index contributed by atoms with van der Waals surface area (Å²) in [5.41, 5.74) is 0.349. The van der Waals surface area contributed by atoms with Gasteiger partial charge in [0, 0.05) is 19.2 Å². The van der Waals surface area contributed by atoms with Gasteiger partial charge in [0.2, 0.25) is 15.9 Å². The van der Waals surface area contributed by atoms with Crippen molar-refractivity contribution in [1.82, 2.24) is 8.87 Å². The van der Waals surface area contributed by atoms with Crippen molar-refractivity contribution in [2.45, 2.75) is 37.1 Å². The number of halogens is 1. The van der Waals surface area contributed by atoms with E-state index >= 15 is 0 Å². The van der Waals surface area contributed by atoms with Crippen LogP contribution in [0, 0.1) is 5.82 Å². The highest BCUT2D eigenvalue weighted by atomic mass is 32.2. The van der Waals surface area contributed by atoms with Gasteiger partial charge in [-0.3, -0.25) is 9.36 Å². The average Bonchev–Trinajstić information content (AvgIpc) is 2.91. The molecule has 0 radical (unpaired) electrons. The maximum absolute atomic E-state index is 13.7. The number of oxazole rings is 1. The highest BCUT2D eigenvalue weighted by Crippen LogP contribution is 2.24. The van der Waals surface area contributed by atoms with Gasteiger partial charge in [0.25, 0.3) is 0 Å². The summed E-state index contributed by atoms with van der Waals surface area (Å²) in [4.78, 5) is 24.6. The number of carbonyl (C=O) groups is 1. The molecule has 1 aromatic heterocycles. The van der Waals surface area contributed by atoms with Crippen LogP contribution in [0.1, 0.15) is 25.7 Å². The van der Waals surface area contributed by atoms with Crippen LogP contribution in [0.3, 0.4) is 0 Å². The van der Waals surface area contributed by atoms with Crippen molar-refractivity contribution in [2.75, 3.05) is 18.4 Å². The third-order valence-electron chi connectivity index (χ3n) is 5.29. The van der Waals surface area contributed by atoms with Gasteiger partial charge in [0.15, 0.2) is 5.58 Å². The Morgan fingerprint density at radius 2 is 1.77 bits per heavy atom. The molecule has 2 aromatic carbocycles. The van der Waals surface area contributed by atoms with Crippen molar-refractivity contribution in [3.05, 3.63) is 58.8 Å². The second-order valence-electron chi connectivity index (χ2n) is 7.43. The predicted octanol–water partition coefficient (Wildman–Crippen LogP) is 2.94. The van der Waals surface area contributed by atoms with Gasteiger partial charge in [-0.1, -0.05) is 25.0 Å². The molecule has 1 amide bonds. The number of para-hydroxylation sites is 1. The summed E-state index contributed by atoms with van der Waals surface area (Å²) in [6.07, 6.45) is 3.61. The lowest BCUT2D eigenvalue weighted by atomic mass is 10.2. The van der Waals surface area contributed by atoms with Gasteiger partial charge >= 0.3 is 5.76 Å². The number of sulfonamides is 1. The average molecular weight is 447 g/mol. The summed E-state index contributed by atoms with van der Waals surface area (Å²) < 4.78 is 47.4. The maximum Gasteiger partial charge on any atom is 0.420 e. The molecule has 1 aliphatic rings. The summed E-state index contributed by atoms with van der Waals surface area (Å²) in [5.74, 6) is -2.01. The van der Waals surface area contributed by atoms with Crippen LogP contribution in [-0.2, 0) is 21.4 Å². The number of hydrogen-bond acceptors (Lipinski definition) is 5. The van der Waals surface area contributed by atoms with E-state index in [0.717, 1.165) is 30.3 Å². The molecular formula is C21H22FN3O5S. The standard InChI is InChI=1S/C21H22FN3O5S/c22-16-7-3-4-8-17(16)23-20(26)14-25-18-10-9-15(13-19(18)30-21(25)27)31(28,29)24-11-5-1-2-6-12-24/h3-4,7-10,13H,1-2,5-6,11-12,14H2,(H,23,26). The summed E-state index contributed by atoms with van der Waals surface area (Å²) in [7, 11) is -3.71. The van der Waals surface area contributed by atoms with Crippen LogP contribution in [-0.4, -0.2) is 36.3 Å². The number of carbonyl (C=O) groups excluding carboxylic acids is 1. The van der Waals surface area contributed by atoms with E-state index < -0.39 is 34.0 Å². The number of amides is 1. The number of benzene rings is 2. The third kappa shape index (κ3) is 4.40. The lowest BCUT2D eigenvalue weighted by Crippen LogP contribution is -2.31. The van der Waals surface area contributed by atoms with Gasteiger partial charge in [0.05, 0.1) is 16.1 Å². The van der Waals surface area contributed by atoms with Crippen molar-refractivity contribution in [1.29, 1.82) is 0 Å². The van der Waals surface area contributed by atoms with Crippen LogP contribution < -0.4 is 11.1 Å². The second kappa shape index (κ2) is 8.64. The molecule has 2 heterocycles. The fourth-order valence-corrected chi connectivity index (χ4v) is 5.22. The Morgan fingerprint density at radius 1 is 1.06 bits per heavy atom. The van der Waals surface area contributed by atoms with Crippen LogP contribution in [0.5, 0.6) is 0 Å². The SMILES string of the molecule is O=C(Cn1c(=O)oc2cc(S(=O)(=O)N3CCCCCC3)ccc21)Nc1ccccc1F. The maximum atomic E-state index is 13.7. The van der Waals surface area contributed by atoms with Crippen LogP contribution >= 0.6 is 0 Å². The number of nitrogens with one attached hydrogen (secondary N) is 1. The molecule has 3 aromatic rings. The van der Waals surface area contributed by atoms with E-state index in [1.54, 1.807) is 6.07 Å². The van der Waals surface area contributed by atoms with Crippen molar-refractivity contribution in [2.24, 2.45) is 0 Å². The minimum Gasteiger partial charge on any atom is -0.408 e. The highest BCUT2D eigenvalue weighted by molar-refractivity contribution is 7.89. The number of aromatic nitrogens is 1. The molecule has 31 heavy (non-hydrogen) atoms. The van der Waals surface area contributed by atoms with E-state index in [0.29, 0.717) is 13.1 Å². The Kier molecular flexibility index (Phi) is 5.92. The van der Waals surface area contributed by atoms with Crippen LogP contribution in [0.25, 0.3) is 11.1 Å². The zero-order valence-electron chi connectivity index (χ0n) is 16.7. The summed E-state index contributed by atoms with van der Waals surface area (Å²) in [6, 6.07) is 9.85. The quantitative estimate of drug-likeness (QED) is 0.648. The molecule has 4 rings (SSSR count). The van der Waals surface area contributed by atoms with E-state index in [1.165, 1.54) is 40.7 Å². The number of nitrogens with zero attached hydrogens (tertiary/aromatic N) is 2. The zero-order valence-corrected chi connectivity index (χ0v) is 17.5. The number of hydrogen-bond donors (Lipinski definition) is 1. The molecule has 0 bridgehead atoms. The fourth-order valence-electron chi connectivity index (χ4n) is 3.68. The first-order chi connectivity index (χ1) is 14.9. The lowest BCUT2D eigenvalue weighted by molar-refractivity contribution is -0.116. The fraction of sp³-hybridized carbons (Fsp3) is 0.333. The Hall–Kier alpha value is -2.98. The van der Waals surface area contributed by atoms with E-state index in [4.69, 9.17) is 4.42 Å². The van der Waals surface area contributed by atoms with Gasteiger partial charge < -0.3 is 9.73 Å². The molecule has 0 saturated carbocycles. The topological polar surface area (TPSA) is 102 Å². The molecule has 10 heteroatoms. The molecule has 1 N–H and O–H groups in total. The summed E-state index contributed by atoms with van der Waals surface area (Å²) in [6.45, 7) is 0.515. The molecule has 0 aliphatic carbocycles. The summed E-state index contributed by atoms with van der Waals surface area (Å²) in [5, 5.41) is 2.41. The Balaban J connectivity index is 1.59. The molecule has 1 saturated heterocycles. The van der Waals surface area contributed by atoms with Gasteiger partial charge in [-0.15, -0.1) is 0 Å². The van der Waals surface area contributed by atoms with Gasteiger partial charge in [-0.05, 0) is 37.1 Å². The molecule has 1 aliphatic heterocycles. The van der Waals surface area contributed by atoms with Crippen LogP contribution in [0.15, 0.2) is 56.6 Å². The van der Waals surface area contributed by atoms with Gasteiger partial charge in [0.1, 0.15) is 12.4 Å². The number of fused-ring (bicyclic) bond motifs is 1. The smallest absolute Gasteiger partial charge is 0.408 e. The minimum atomic E-state index is -3.71. The molecule has 0 unspecified atom stereocenters. The van der Waals surface area contributed by atoms with Gasteiger partial charge in [-0.2, -0.15) is 4.31 Å². The van der Waals surface area contributed by atoms with Crippen LogP contribution in [0.2, 0.25) is 0 Å².